The second-order valence-corrected chi connectivity index (χ2v) is 26.9. The Morgan fingerprint density at radius 3 is 2.09 bits per heavy atom. The Morgan fingerprint density at radius 1 is 0.621 bits per heavy atom. The molecule has 0 amide bonds. The van der Waals surface area contributed by atoms with Crippen molar-refractivity contribution in [3.05, 3.63) is 186 Å². The minimum Gasteiger partial charge on any atom is -0.311 e. The number of pyridine rings is 2. The topological polar surface area (TPSA) is 32.3 Å². The fraction of sp³-hybridized carbons (Fsp3) is 0.220. The van der Waals surface area contributed by atoms with Crippen LogP contribution in [0.3, 0.4) is 0 Å². The number of benzene rings is 5. The minimum absolute atomic E-state index is 0.0358. The molecule has 5 unspecified atom stereocenters. The molecule has 6 aliphatic carbocycles. The van der Waals surface area contributed by atoms with E-state index in [2.05, 4.69) is 169 Å². The molecule has 0 bridgehead atoms. The third-order valence-electron chi connectivity index (χ3n) is 17.8. The van der Waals surface area contributed by atoms with E-state index in [1.807, 2.05) is 24.5 Å². The summed E-state index contributed by atoms with van der Waals surface area (Å²) in [6.07, 6.45) is 16.1. The smallest absolute Gasteiger partial charge is 0.252 e. The van der Waals surface area contributed by atoms with E-state index in [9.17, 15) is 0 Å². The number of aromatic nitrogens is 2. The predicted molar refractivity (Wildman–Crippen MR) is 281 cm³/mol. The van der Waals surface area contributed by atoms with Gasteiger partial charge in [0.05, 0.1) is 40.4 Å². The van der Waals surface area contributed by atoms with Crippen LogP contribution in [0.4, 0.5) is 28.4 Å². The number of nitrogens with zero attached hydrogens (tertiary/aromatic N) is 4. The van der Waals surface area contributed by atoms with E-state index < -0.39 is 17.6 Å². The summed E-state index contributed by atoms with van der Waals surface area (Å²) in [4.78, 5) is 15.3. The summed E-state index contributed by atoms with van der Waals surface area (Å²) in [7, 11) is -2.59. The lowest BCUT2D eigenvalue weighted by atomic mass is 9.15. The van der Waals surface area contributed by atoms with Crippen molar-refractivity contribution >= 4 is 85.1 Å². The van der Waals surface area contributed by atoms with Crippen molar-refractivity contribution in [2.45, 2.75) is 57.3 Å². The number of hydrogen-bond donors (Lipinski definition) is 0. The number of fused-ring (bicyclic) bond motifs is 12. The molecule has 2 aliphatic heterocycles. The van der Waals surface area contributed by atoms with E-state index in [-0.39, 0.29) is 12.1 Å². The molecule has 4 heterocycles. The zero-order chi connectivity index (χ0) is 43.8. The molecule has 66 heavy (non-hydrogen) atoms. The van der Waals surface area contributed by atoms with Crippen molar-refractivity contribution < 1.29 is 0 Å². The molecule has 318 valence electrons. The average Bonchev–Trinajstić information content (AvgIpc) is 3.64. The summed E-state index contributed by atoms with van der Waals surface area (Å²) in [6, 6.07) is 49.2. The fourth-order valence-electron chi connectivity index (χ4n) is 15.3. The van der Waals surface area contributed by atoms with E-state index in [0.29, 0.717) is 17.3 Å². The molecular formula is C59H51BN4Si2. The van der Waals surface area contributed by atoms with Gasteiger partial charge in [0.1, 0.15) is 0 Å². The van der Waals surface area contributed by atoms with Crippen LogP contribution in [0.2, 0.25) is 26.2 Å². The highest BCUT2D eigenvalue weighted by Gasteiger charge is 2.88. The van der Waals surface area contributed by atoms with Crippen LogP contribution in [0, 0.1) is 23.2 Å². The lowest BCUT2D eigenvalue weighted by Crippen LogP contribution is -2.84. The summed E-state index contributed by atoms with van der Waals surface area (Å²) >= 11 is 0. The van der Waals surface area contributed by atoms with Crippen LogP contribution in [0.15, 0.2) is 169 Å². The highest BCUT2D eigenvalue weighted by molar-refractivity contribution is 7.01. The monoisotopic (exact) mass is 882 g/mol. The first-order valence-corrected chi connectivity index (χ1v) is 30.4. The zero-order valence-electron chi connectivity index (χ0n) is 38.1. The molecule has 0 radical (unpaired) electrons. The van der Waals surface area contributed by atoms with Crippen LogP contribution in [0.1, 0.15) is 42.5 Å². The number of rotatable bonds is 6. The van der Waals surface area contributed by atoms with Crippen molar-refractivity contribution in [1.29, 1.82) is 0 Å². The van der Waals surface area contributed by atoms with Gasteiger partial charge in [-0.2, -0.15) is 0 Å². The molecule has 7 aromatic rings. The van der Waals surface area contributed by atoms with Crippen molar-refractivity contribution in [1.82, 2.24) is 9.97 Å². The van der Waals surface area contributed by atoms with Gasteiger partial charge in [-0.15, -0.1) is 0 Å². The van der Waals surface area contributed by atoms with Crippen molar-refractivity contribution in [2.24, 2.45) is 23.2 Å². The molecule has 2 aromatic heterocycles. The molecule has 8 aliphatic rings. The van der Waals surface area contributed by atoms with Gasteiger partial charge in [-0.25, -0.2) is 0 Å². The molecule has 0 saturated heterocycles. The Bertz CT molecular complexity index is 3380. The van der Waals surface area contributed by atoms with E-state index in [1.54, 1.807) is 27.5 Å². The molecule has 5 atom stereocenters. The van der Waals surface area contributed by atoms with Gasteiger partial charge in [-0.1, -0.05) is 133 Å². The Kier molecular flexibility index (Phi) is 7.58. The molecular weight excluding hydrogens is 832 g/mol. The number of allylic oxidation sites excluding steroid dienone is 5. The first-order valence-electron chi connectivity index (χ1n) is 24.6. The molecule has 5 aromatic carbocycles. The third-order valence-corrected chi connectivity index (χ3v) is 21.2. The maximum absolute atomic E-state index is 5.01. The summed E-state index contributed by atoms with van der Waals surface area (Å²) < 4.78 is 0. The van der Waals surface area contributed by atoms with Crippen LogP contribution < -0.4 is 36.6 Å². The predicted octanol–water partition coefficient (Wildman–Crippen LogP) is 9.91. The Morgan fingerprint density at radius 2 is 1.35 bits per heavy atom. The molecule has 7 heteroatoms. The van der Waals surface area contributed by atoms with Crippen molar-refractivity contribution in [3.8, 4) is 22.4 Å². The number of hydrogen-bond acceptors (Lipinski definition) is 4. The summed E-state index contributed by atoms with van der Waals surface area (Å²) in [5, 5.41) is 3.18. The Hall–Kier alpha value is -6.28. The normalized spacial score (nSPS) is 24.8. The Balaban J connectivity index is 1.07. The molecule has 0 N–H and O–H groups in total. The van der Waals surface area contributed by atoms with Crippen LogP contribution >= 0.6 is 0 Å². The van der Waals surface area contributed by atoms with Gasteiger partial charge < -0.3 is 9.80 Å². The maximum Gasteiger partial charge on any atom is 0.252 e. The van der Waals surface area contributed by atoms with Crippen molar-refractivity contribution in [2.75, 3.05) is 9.80 Å². The van der Waals surface area contributed by atoms with Gasteiger partial charge in [0.2, 0.25) is 0 Å². The van der Waals surface area contributed by atoms with Crippen LogP contribution in [0.5, 0.6) is 0 Å². The van der Waals surface area contributed by atoms with E-state index in [1.165, 1.54) is 79.7 Å². The van der Waals surface area contributed by atoms with Crippen molar-refractivity contribution in [3.63, 3.8) is 0 Å². The lowest BCUT2D eigenvalue weighted by molar-refractivity contribution is -0.276. The quantitative estimate of drug-likeness (QED) is 0.123. The SMILES string of the molecule is C[SiH](C)c1ccc2c(c1)N(C1=CCCC=C1c1ccccn1)c1cccc3c1B2c1c(cc([SiH](C)C)c2c1-c1ccccc1C21C2CC4=CC5CC1C452)N3c1ccccc1-c1ccccn1. The number of anilines is 5. The van der Waals surface area contributed by atoms with Gasteiger partial charge in [0.25, 0.3) is 6.71 Å². The van der Waals surface area contributed by atoms with Crippen LogP contribution in [0.25, 0.3) is 28.0 Å². The highest BCUT2D eigenvalue weighted by Crippen LogP contribution is 2.92. The summed E-state index contributed by atoms with van der Waals surface area (Å²) in [6.45, 7) is 10.2. The standard InChI is InChI=1S/C59H51BN4Si2/c1-65(2)37-26-27-42-49(33-37)63(45-22-9-6-17-39(45)43-20-11-13-28-61-43)47-24-15-25-48-56(47)60(42)57-50(64(48)46-23-10-7-18-40(46)44-21-12-14-29-62-44)34-51(66(3)4)55-54(57)38-16-5-8-19-41(38)59(55)52-31-35-30-36-32-53(59)58(35,36)52/h5,7-8,10-30,33-35,52-53,65-66H,6,9,31-32H2,1-4H3. The van der Waals surface area contributed by atoms with Gasteiger partial charge >= 0.3 is 0 Å². The van der Waals surface area contributed by atoms with Gasteiger partial charge in [0.15, 0.2) is 0 Å². The average molecular weight is 883 g/mol. The highest BCUT2D eigenvalue weighted by atomic mass is 28.3. The second kappa shape index (κ2) is 13.2. The molecule has 4 nitrogen and oxygen atoms in total. The summed E-state index contributed by atoms with van der Waals surface area (Å²) in [5.74, 6) is 2.21. The van der Waals surface area contributed by atoms with Gasteiger partial charge in [-0.3, -0.25) is 9.97 Å². The fourth-order valence-corrected chi connectivity index (χ4v) is 17.7. The van der Waals surface area contributed by atoms with Crippen LogP contribution in [-0.2, 0) is 5.41 Å². The maximum atomic E-state index is 5.01. The molecule has 2 spiro atoms. The van der Waals surface area contributed by atoms with Gasteiger partial charge in [-0.05, 0) is 137 Å². The number of para-hydroxylation sites is 1. The van der Waals surface area contributed by atoms with E-state index >= 15 is 0 Å². The summed E-state index contributed by atoms with van der Waals surface area (Å²) in [5.41, 5.74) is 25.1. The Labute approximate surface area is 391 Å². The lowest BCUT2D eigenvalue weighted by Gasteiger charge is -2.88. The van der Waals surface area contributed by atoms with E-state index in [4.69, 9.17) is 9.97 Å². The third kappa shape index (κ3) is 4.39. The largest absolute Gasteiger partial charge is 0.311 e. The zero-order valence-corrected chi connectivity index (χ0v) is 40.4. The first-order chi connectivity index (χ1) is 32.4. The van der Waals surface area contributed by atoms with E-state index in [0.717, 1.165) is 35.7 Å². The van der Waals surface area contributed by atoms with Gasteiger partial charge in [0, 0.05) is 57.1 Å². The molecule has 3 fully saturated rings. The minimum atomic E-state index is -1.40. The molecule has 15 rings (SSSR count). The second-order valence-electron chi connectivity index (χ2n) is 21.0. The van der Waals surface area contributed by atoms with Crippen LogP contribution in [-0.4, -0.2) is 34.3 Å². The first kappa shape index (κ1) is 37.9. The molecule has 3 saturated carbocycles.